The highest BCUT2D eigenvalue weighted by molar-refractivity contribution is 5.80. The van der Waals surface area contributed by atoms with Crippen LogP contribution in [0.15, 0.2) is 41.5 Å². The van der Waals surface area contributed by atoms with Crippen molar-refractivity contribution < 1.29 is 9.47 Å². The fourth-order valence-electron chi connectivity index (χ4n) is 2.82. The summed E-state index contributed by atoms with van der Waals surface area (Å²) in [4.78, 5) is 4.25. The Morgan fingerprint density at radius 2 is 1.74 bits per heavy atom. The van der Waals surface area contributed by atoms with Crippen molar-refractivity contribution in [2.45, 2.75) is 32.7 Å². The van der Waals surface area contributed by atoms with Gasteiger partial charge in [-0.15, -0.1) is 0 Å². The lowest BCUT2D eigenvalue weighted by atomic mass is 10.2. The molecule has 0 saturated carbocycles. The van der Waals surface area contributed by atoms with Crippen LogP contribution in [0.5, 0.6) is 0 Å². The lowest BCUT2D eigenvalue weighted by Gasteiger charge is -2.12. The number of aromatic nitrogens is 1. The molecule has 6 nitrogen and oxygen atoms in total. The van der Waals surface area contributed by atoms with Gasteiger partial charge in [0.15, 0.2) is 5.96 Å². The van der Waals surface area contributed by atoms with Crippen LogP contribution in [0.2, 0.25) is 0 Å². The summed E-state index contributed by atoms with van der Waals surface area (Å²) >= 11 is 0. The Morgan fingerprint density at radius 3 is 2.56 bits per heavy atom. The maximum Gasteiger partial charge on any atom is 0.191 e. The minimum atomic E-state index is 0.641. The zero-order valence-corrected chi connectivity index (χ0v) is 16.7. The Kier molecular flexibility index (Phi) is 10.4. The van der Waals surface area contributed by atoms with Gasteiger partial charge in [0.2, 0.25) is 0 Å². The van der Waals surface area contributed by atoms with Gasteiger partial charge in [0.1, 0.15) is 0 Å². The first-order valence-corrected chi connectivity index (χ1v) is 9.99. The summed E-state index contributed by atoms with van der Waals surface area (Å²) in [7, 11) is 1.79. The molecule has 0 spiro atoms. The molecule has 0 aliphatic heterocycles. The number of nitrogens with zero attached hydrogens (tertiary/aromatic N) is 2. The third-order valence-corrected chi connectivity index (χ3v) is 4.33. The van der Waals surface area contributed by atoms with Crippen LogP contribution < -0.4 is 10.6 Å². The third kappa shape index (κ3) is 8.01. The minimum absolute atomic E-state index is 0.641. The van der Waals surface area contributed by atoms with Crippen molar-refractivity contribution in [3.05, 3.63) is 36.5 Å². The van der Waals surface area contributed by atoms with Gasteiger partial charge < -0.3 is 24.7 Å². The summed E-state index contributed by atoms with van der Waals surface area (Å²) in [6, 6.07) is 10.6. The largest absolute Gasteiger partial charge is 0.379 e. The van der Waals surface area contributed by atoms with Crippen molar-refractivity contribution in [1.82, 2.24) is 15.2 Å². The summed E-state index contributed by atoms with van der Waals surface area (Å²) in [6.07, 6.45) is 5.47. The fourth-order valence-corrected chi connectivity index (χ4v) is 2.82. The molecule has 2 N–H and O–H groups in total. The van der Waals surface area contributed by atoms with Gasteiger partial charge in [-0.25, -0.2) is 0 Å². The average molecular weight is 375 g/mol. The van der Waals surface area contributed by atoms with Crippen molar-refractivity contribution in [2.24, 2.45) is 4.99 Å². The van der Waals surface area contributed by atoms with E-state index in [-0.39, 0.29) is 0 Å². The predicted molar refractivity (Wildman–Crippen MR) is 112 cm³/mol. The number of aryl methyl sites for hydroxylation is 1. The van der Waals surface area contributed by atoms with E-state index in [0.29, 0.717) is 19.8 Å². The maximum absolute atomic E-state index is 5.55. The minimum Gasteiger partial charge on any atom is -0.379 e. The molecule has 0 fully saturated rings. The molecular weight excluding hydrogens is 340 g/mol. The van der Waals surface area contributed by atoms with Crippen LogP contribution in [0.1, 0.15) is 26.2 Å². The molecule has 0 aliphatic rings. The Labute approximate surface area is 162 Å². The highest BCUT2D eigenvalue weighted by atomic mass is 16.5. The van der Waals surface area contributed by atoms with Crippen molar-refractivity contribution in [3.63, 3.8) is 0 Å². The summed E-state index contributed by atoms with van der Waals surface area (Å²) in [6.45, 7) is 7.53. The van der Waals surface area contributed by atoms with Gasteiger partial charge in [-0.2, -0.15) is 0 Å². The first-order chi connectivity index (χ1) is 13.3. The number of ether oxygens (including phenoxy) is 2. The van der Waals surface area contributed by atoms with E-state index >= 15 is 0 Å². The number of hydrogen-bond acceptors (Lipinski definition) is 3. The van der Waals surface area contributed by atoms with Crippen molar-refractivity contribution >= 4 is 16.9 Å². The van der Waals surface area contributed by atoms with Gasteiger partial charge in [0, 0.05) is 45.0 Å². The van der Waals surface area contributed by atoms with E-state index in [9.17, 15) is 0 Å². The first kappa shape index (κ1) is 21.3. The highest BCUT2D eigenvalue weighted by Gasteiger charge is 2.00. The van der Waals surface area contributed by atoms with E-state index in [1.165, 1.54) is 17.3 Å². The Hall–Kier alpha value is -2.05. The zero-order chi connectivity index (χ0) is 19.2. The molecule has 2 rings (SSSR count). The molecular formula is C21H34N4O2. The molecule has 0 amide bonds. The van der Waals surface area contributed by atoms with Gasteiger partial charge in [0.05, 0.1) is 19.8 Å². The molecule has 0 unspecified atom stereocenters. The monoisotopic (exact) mass is 374 g/mol. The molecule has 0 aliphatic carbocycles. The SMILES string of the molecule is CCCCOCCOCCNC(=NC)NCCCn1ccc2ccccc21. The number of nitrogens with one attached hydrogen (secondary N) is 2. The molecule has 1 heterocycles. The fraction of sp³-hybridized carbons (Fsp3) is 0.571. The van der Waals surface area contributed by atoms with Gasteiger partial charge in [-0.3, -0.25) is 4.99 Å². The number of para-hydroxylation sites is 1. The number of hydrogen-bond donors (Lipinski definition) is 2. The Balaban J connectivity index is 1.52. The number of rotatable bonds is 13. The first-order valence-electron chi connectivity index (χ1n) is 9.99. The van der Waals surface area contributed by atoms with Gasteiger partial charge in [-0.05, 0) is 30.4 Å². The van der Waals surface area contributed by atoms with Crippen LogP contribution in [0.4, 0.5) is 0 Å². The van der Waals surface area contributed by atoms with Crippen molar-refractivity contribution in [1.29, 1.82) is 0 Å². The number of fused-ring (bicyclic) bond motifs is 1. The summed E-state index contributed by atoms with van der Waals surface area (Å²) in [5, 5.41) is 7.91. The standard InChI is InChI=1S/C21H34N4O2/c1-3-4-15-26-17-18-27-16-12-24-21(22-2)23-11-7-13-25-14-10-19-8-5-6-9-20(19)25/h5-6,8-10,14H,3-4,7,11-13,15-18H2,1-2H3,(H2,22,23,24). The Bertz CT molecular complexity index is 669. The summed E-state index contributed by atoms with van der Waals surface area (Å²) < 4.78 is 13.3. The van der Waals surface area contributed by atoms with E-state index in [1.54, 1.807) is 7.05 Å². The van der Waals surface area contributed by atoms with E-state index in [0.717, 1.165) is 45.0 Å². The van der Waals surface area contributed by atoms with Crippen LogP contribution in [0.25, 0.3) is 10.9 Å². The second kappa shape index (κ2) is 13.2. The molecule has 0 saturated heterocycles. The Morgan fingerprint density at radius 1 is 0.963 bits per heavy atom. The van der Waals surface area contributed by atoms with Gasteiger partial charge in [0.25, 0.3) is 0 Å². The lowest BCUT2D eigenvalue weighted by molar-refractivity contribution is 0.0487. The molecule has 27 heavy (non-hydrogen) atoms. The highest BCUT2D eigenvalue weighted by Crippen LogP contribution is 2.15. The molecule has 0 radical (unpaired) electrons. The van der Waals surface area contributed by atoms with E-state index < -0.39 is 0 Å². The summed E-state index contributed by atoms with van der Waals surface area (Å²) in [5.74, 6) is 0.815. The second-order valence-electron chi connectivity index (χ2n) is 6.43. The molecule has 2 aromatic rings. The van der Waals surface area contributed by atoms with Crippen molar-refractivity contribution in [3.8, 4) is 0 Å². The molecule has 0 atom stereocenters. The van der Waals surface area contributed by atoms with Crippen molar-refractivity contribution in [2.75, 3.05) is 46.6 Å². The van der Waals surface area contributed by atoms with Crippen LogP contribution in [0.3, 0.4) is 0 Å². The van der Waals surface area contributed by atoms with E-state index in [1.807, 2.05) is 0 Å². The molecule has 1 aromatic carbocycles. The number of unbranched alkanes of at least 4 members (excludes halogenated alkanes) is 1. The van der Waals surface area contributed by atoms with E-state index in [2.05, 4.69) is 63.6 Å². The van der Waals surface area contributed by atoms with Gasteiger partial charge in [-0.1, -0.05) is 31.5 Å². The topological polar surface area (TPSA) is 59.8 Å². The molecule has 0 bridgehead atoms. The van der Waals surface area contributed by atoms with Crippen LogP contribution in [0, 0.1) is 0 Å². The molecule has 1 aromatic heterocycles. The summed E-state index contributed by atoms with van der Waals surface area (Å²) in [5.41, 5.74) is 1.29. The average Bonchev–Trinajstić information content (AvgIpc) is 3.11. The van der Waals surface area contributed by atoms with Crippen LogP contribution in [-0.4, -0.2) is 57.1 Å². The predicted octanol–water partition coefficient (Wildman–Crippen LogP) is 3.03. The lowest BCUT2D eigenvalue weighted by Crippen LogP contribution is -2.39. The number of aliphatic imine (C=N–C) groups is 1. The van der Waals surface area contributed by atoms with Crippen LogP contribution >= 0.6 is 0 Å². The maximum atomic E-state index is 5.55. The number of benzene rings is 1. The smallest absolute Gasteiger partial charge is 0.191 e. The quantitative estimate of drug-likeness (QED) is 0.321. The third-order valence-electron chi connectivity index (χ3n) is 4.33. The van der Waals surface area contributed by atoms with Crippen LogP contribution in [-0.2, 0) is 16.0 Å². The molecule has 150 valence electrons. The second-order valence-corrected chi connectivity index (χ2v) is 6.43. The molecule has 6 heteroatoms. The van der Waals surface area contributed by atoms with Gasteiger partial charge >= 0.3 is 0 Å². The number of guanidine groups is 1. The van der Waals surface area contributed by atoms with E-state index in [4.69, 9.17) is 9.47 Å². The zero-order valence-electron chi connectivity index (χ0n) is 16.7. The normalized spacial score (nSPS) is 11.9.